The lowest BCUT2D eigenvalue weighted by Crippen LogP contribution is -2.49. The Hall–Kier alpha value is -1.44. The largest absolute Gasteiger partial charge is 0.355 e. The van der Waals surface area contributed by atoms with Crippen LogP contribution in [0.15, 0.2) is 18.5 Å². The van der Waals surface area contributed by atoms with E-state index in [9.17, 15) is 4.79 Å². The van der Waals surface area contributed by atoms with Crippen LogP contribution in [0.2, 0.25) is 0 Å². The molecule has 2 aliphatic heterocycles. The third kappa shape index (κ3) is 5.80. The molecule has 3 rings (SSSR count). The van der Waals surface area contributed by atoms with E-state index in [1.165, 1.54) is 0 Å². The Labute approximate surface area is 156 Å². The predicted octanol–water partition coefficient (Wildman–Crippen LogP) is 0.525. The third-order valence-electron chi connectivity index (χ3n) is 4.93. The molecule has 7 nitrogen and oxygen atoms in total. The summed E-state index contributed by atoms with van der Waals surface area (Å²) < 4.78 is 0. The van der Waals surface area contributed by atoms with Crippen LogP contribution in [0.3, 0.4) is 0 Å². The first-order chi connectivity index (χ1) is 11.7. The van der Waals surface area contributed by atoms with Gasteiger partial charge in [-0.1, -0.05) is 0 Å². The van der Waals surface area contributed by atoms with Crippen LogP contribution in [0, 0.1) is 5.92 Å². The lowest BCUT2D eigenvalue weighted by Gasteiger charge is -2.34. The molecule has 0 spiro atoms. The SMILES string of the molecule is C[C@H]1C[C@@H](C(=O)NCCN2CCN(c3ncccn3)CC2)CCN1.Cl. The zero-order valence-corrected chi connectivity index (χ0v) is 15.7. The second-order valence-electron chi connectivity index (χ2n) is 6.74. The van der Waals surface area contributed by atoms with Gasteiger partial charge in [0.1, 0.15) is 0 Å². The van der Waals surface area contributed by atoms with Crippen molar-refractivity contribution < 1.29 is 4.79 Å². The Balaban J connectivity index is 0.00000225. The van der Waals surface area contributed by atoms with Crippen LogP contribution in [-0.2, 0) is 4.79 Å². The van der Waals surface area contributed by atoms with Crippen LogP contribution in [0.1, 0.15) is 19.8 Å². The molecule has 2 aliphatic rings. The van der Waals surface area contributed by atoms with E-state index < -0.39 is 0 Å². The van der Waals surface area contributed by atoms with E-state index in [1.54, 1.807) is 12.4 Å². The predicted molar refractivity (Wildman–Crippen MR) is 101 cm³/mol. The number of hydrogen-bond donors (Lipinski definition) is 2. The van der Waals surface area contributed by atoms with Gasteiger partial charge in [-0.25, -0.2) is 9.97 Å². The van der Waals surface area contributed by atoms with Gasteiger partial charge in [0.25, 0.3) is 0 Å². The summed E-state index contributed by atoms with van der Waals surface area (Å²) in [5, 5.41) is 6.51. The summed E-state index contributed by atoms with van der Waals surface area (Å²) in [6, 6.07) is 2.29. The first-order valence-electron chi connectivity index (χ1n) is 8.98. The first kappa shape index (κ1) is 19.9. The van der Waals surface area contributed by atoms with Gasteiger partial charge in [0.15, 0.2) is 0 Å². The summed E-state index contributed by atoms with van der Waals surface area (Å²) in [7, 11) is 0. The molecule has 1 aromatic rings. The topological polar surface area (TPSA) is 73.4 Å². The van der Waals surface area contributed by atoms with Gasteiger partial charge in [-0.05, 0) is 32.4 Å². The number of piperidine rings is 1. The Morgan fingerprint density at radius 3 is 2.68 bits per heavy atom. The molecule has 1 aromatic heterocycles. The number of carbonyl (C=O) groups is 1. The molecule has 0 aliphatic carbocycles. The van der Waals surface area contributed by atoms with Crippen molar-refractivity contribution in [3.8, 4) is 0 Å². The van der Waals surface area contributed by atoms with Gasteiger partial charge in [0.2, 0.25) is 11.9 Å². The minimum absolute atomic E-state index is 0. The van der Waals surface area contributed by atoms with Crippen molar-refractivity contribution in [3.63, 3.8) is 0 Å². The smallest absolute Gasteiger partial charge is 0.225 e. The number of rotatable bonds is 5. The highest BCUT2D eigenvalue weighted by molar-refractivity contribution is 5.85. The molecule has 0 unspecified atom stereocenters. The Bertz CT molecular complexity index is 523. The van der Waals surface area contributed by atoms with Crippen molar-refractivity contribution in [2.24, 2.45) is 5.92 Å². The molecule has 2 saturated heterocycles. The highest BCUT2D eigenvalue weighted by atomic mass is 35.5. The fourth-order valence-corrected chi connectivity index (χ4v) is 3.48. The van der Waals surface area contributed by atoms with E-state index in [4.69, 9.17) is 0 Å². The number of nitrogens with one attached hydrogen (secondary N) is 2. The second kappa shape index (κ2) is 9.89. The van der Waals surface area contributed by atoms with Crippen molar-refractivity contribution in [2.75, 3.05) is 50.7 Å². The monoisotopic (exact) mass is 368 g/mol. The third-order valence-corrected chi connectivity index (χ3v) is 4.93. The maximum atomic E-state index is 12.2. The number of piperazine rings is 1. The lowest BCUT2D eigenvalue weighted by atomic mass is 9.92. The van der Waals surface area contributed by atoms with E-state index in [-0.39, 0.29) is 24.2 Å². The number of amides is 1. The summed E-state index contributed by atoms with van der Waals surface area (Å²) in [6.07, 6.45) is 5.46. The second-order valence-corrected chi connectivity index (χ2v) is 6.74. The van der Waals surface area contributed by atoms with Crippen molar-refractivity contribution in [2.45, 2.75) is 25.8 Å². The van der Waals surface area contributed by atoms with Gasteiger partial charge in [-0.2, -0.15) is 0 Å². The number of carbonyl (C=O) groups excluding carboxylic acids is 1. The van der Waals surface area contributed by atoms with E-state index in [1.807, 2.05) is 6.07 Å². The standard InChI is InChI=1S/C17H28N6O.ClH/c1-14-13-15(3-6-18-14)16(24)19-7-8-22-9-11-23(12-10-22)17-20-4-2-5-21-17;/h2,4-5,14-15,18H,3,6-13H2,1H3,(H,19,24);1H/t14-,15-;/m0./s1. The quantitative estimate of drug-likeness (QED) is 0.789. The van der Waals surface area contributed by atoms with Gasteiger partial charge in [0.05, 0.1) is 0 Å². The van der Waals surface area contributed by atoms with Crippen molar-refractivity contribution in [3.05, 3.63) is 18.5 Å². The maximum absolute atomic E-state index is 12.2. The van der Waals surface area contributed by atoms with Crippen LogP contribution < -0.4 is 15.5 Å². The highest BCUT2D eigenvalue weighted by Gasteiger charge is 2.24. The van der Waals surface area contributed by atoms with Gasteiger partial charge in [-0.15, -0.1) is 12.4 Å². The Morgan fingerprint density at radius 2 is 2.00 bits per heavy atom. The molecule has 2 atom stereocenters. The zero-order chi connectivity index (χ0) is 16.8. The number of anilines is 1. The van der Waals surface area contributed by atoms with Crippen molar-refractivity contribution in [1.29, 1.82) is 0 Å². The lowest BCUT2D eigenvalue weighted by molar-refractivity contribution is -0.126. The Kier molecular flexibility index (Phi) is 7.87. The molecule has 140 valence electrons. The molecule has 0 saturated carbocycles. The van der Waals surface area contributed by atoms with Gasteiger partial charge >= 0.3 is 0 Å². The fourth-order valence-electron chi connectivity index (χ4n) is 3.48. The fraction of sp³-hybridized carbons (Fsp3) is 0.706. The Morgan fingerprint density at radius 1 is 1.28 bits per heavy atom. The zero-order valence-electron chi connectivity index (χ0n) is 14.9. The summed E-state index contributed by atoms with van der Waals surface area (Å²) >= 11 is 0. The average molecular weight is 369 g/mol. The number of nitrogens with zero attached hydrogens (tertiary/aromatic N) is 4. The van der Waals surface area contributed by atoms with Crippen molar-refractivity contribution >= 4 is 24.3 Å². The molecule has 2 N–H and O–H groups in total. The van der Waals surface area contributed by atoms with Crippen LogP contribution in [0.5, 0.6) is 0 Å². The number of hydrogen-bond acceptors (Lipinski definition) is 6. The molecule has 0 aromatic carbocycles. The number of aromatic nitrogens is 2. The maximum Gasteiger partial charge on any atom is 0.225 e. The molecule has 2 fully saturated rings. The van der Waals surface area contributed by atoms with Gasteiger partial charge in [-0.3, -0.25) is 9.69 Å². The van der Waals surface area contributed by atoms with Crippen LogP contribution in [-0.4, -0.2) is 72.6 Å². The summed E-state index contributed by atoms with van der Waals surface area (Å²) in [6.45, 7) is 8.58. The van der Waals surface area contributed by atoms with E-state index in [2.05, 4.69) is 37.3 Å². The minimum atomic E-state index is 0. The van der Waals surface area contributed by atoms with Crippen molar-refractivity contribution in [1.82, 2.24) is 25.5 Å². The van der Waals surface area contributed by atoms with Gasteiger partial charge in [0, 0.05) is 63.6 Å². The summed E-state index contributed by atoms with van der Waals surface area (Å²) in [4.78, 5) is 25.5. The molecule has 3 heterocycles. The molecule has 25 heavy (non-hydrogen) atoms. The summed E-state index contributed by atoms with van der Waals surface area (Å²) in [5.41, 5.74) is 0. The van der Waals surface area contributed by atoms with E-state index in [0.29, 0.717) is 6.04 Å². The van der Waals surface area contributed by atoms with E-state index >= 15 is 0 Å². The average Bonchev–Trinajstić information content (AvgIpc) is 2.63. The summed E-state index contributed by atoms with van der Waals surface area (Å²) in [5.74, 6) is 1.21. The molecular formula is C17H29ClN6O. The van der Waals surface area contributed by atoms with Crippen LogP contribution in [0.4, 0.5) is 5.95 Å². The van der Waals surface area contributed by atoms with Crippen LogP contribution in [0.25, 0.3) is 0 Å². The van der Waals surface area contributed by atoms with Crippen LogP contribution >= 0.6 is 12.4 Å². The molecule has 0 radical (unpaired) electrons. The number of halogens is 1. The molecular weight excluding hydrogens is 340 g/mol. The highest BCUT2D eigenvalue weighted by Crippen LogP contribution is 2.16. The van der Waals surface area contributed by atoms with E-state index in [0.717, 1.165) is 64.6 Å². The molecule has 1 amide bonds. The molecule has 0 bridgehead atoms. The first-order valence-corrected chi connectivity index (χ1v) is 8.98. The van der Waals surface area contributed by atoms with Gasteiger partial charge < -0.3 is 15.5 Å². The minimum Gasteiger partial charge on any atom is -0.355 e. The normalized spacial score (nSPS) is 24.4. The molecule has 8 heteroatoms.